The van der Waals surface area contributed by atoms with Gasteiger partial charge >= 0.3 is 0 Å². The summed E-state index contributed by atoms with van der Waals surface area (Å²) in [6.45, 7) is 3.06. The molecule has 3 aliphatic rings. The summed E-state index contributed by atoms with van der Waals surface area (Å²) in [6, 6.07) is 12.4. The van der Waals surface area contributed by atoms with Crippen molar-refractivity contribution in [2.24, 2.45) is 5.73 Å². The maximum Gasteiger partial charge on any atom is 0.262 e. The van der Waals surface area contributed by atoms with Crippen molar-refractivity contribution in [1.82, 2.24) is 13.8 Å². The number of quaternary nitrogens is 1. The summed E-state index contributed by atoms with van der Waals surface area (Å²) in [4.78, 5) is 5.29. The van der Waals surface area contributed by atoms with Crippen LogP contribution < -0.4 is 19.7 Å². The Morgan fingerprint density at radius 3 is 2.76 bits per heavy atom. The molecule has 0 aliphatic carbocycles. The molecule has 1 aromatic carbocycles. The minimum atomic E-state index is -3.62. The molecule has 2 aromatic rings. The maximum atomic E-state index is 13.5. The Morgan fingerprint density at radius 1 is 1.19 bits per heavy atom. The molecule has 1 aromatic heterocycles. The largest absolute Gasteiger partial charge is 0.491 e. The van der Waals surface area contributed by atoms with Crippen LogP contribution in [0.25, 0.3) is 0 Å². The number of sulfonamides is 1. The first-order chi connectivity index (χ1) is 18.0. The second kappa shape index (κ2) is 10.9. The van der Waals surface area contributed by atoms with Gasteiger partial charge in [0.15, 0.2) is 5.75 Å². The standard InChI is InChI=1S/C27H35N4O5S/c1-34-25-11-12-26(29-27(25)36-23-13-16-35-20-23)31(15-6-7-21(17-28)19-31)22-8-5-14-30(18-22)37(32,33)24-9-3-2-4-10-24/h2-4,6-7,9-12,19,22-23H,5,8,13-18,20,28H2,1H3/q+1. The predicted molar refractivity (Wildman–Crippen MR) is 142 cm³/mol. The van der Waals surface area contributed by atoms with Crippen LogP contribution >= 0.6 is 0 Å². The molecule has 2 N–H and O–H groups in total. The number of ether oxygens (including phenoxy) is 3. The quantitative estimate of drug-likeness (QED) is 0.527. The van der Waals surface area contributed by atoms with Crippen LogP contribution in [0.4, 0.5) is 5.82 Å². The predicted octanol–water partition coefficient (Wildman–Crippen LogP) is 2.83. The first-order valence-electron chi connectivity index (χ1n) is 12.8. The highest BCUT2D eigenvalue weighted by molar-refractivity contribution is 7.89. The van der Waals surface area contributed by atoms with Crippen molar-refractivity contribution >= 4 is 15.8 Å². The summed E-state index contributed by atoms with van der Waals surface area (Å²) in [7, 11) is -2.02. The Labute approximate surface area is 218 Å². The van der Waals surface area contributed by atoms with E-state index in [0.29, 0.717) is 60.4 Å². The van der Waals surface area contributed by atoms with Crippen LogP contribution in [0.5, 0.6) is 11.6 Å². The summed E-state index contributed by atoms with van der Waals surface area (Å²) in [6.07, 6.45) is 8.60. The molecule has 3 aliphatic heterocycles. The van der Waals surface area contributed by atoms with Crippen molar-refractivity contribution in [2.75, 3.05) is 46.5 Å². The van der Waals surface area contributed by atoms with Crippen LogP contribution in [-0.4, -0.2) is 76.4 Å². The average molecular weight is 528 g/mol. The zero-order valence-electron chi connectivity index (χ0n) is 21.2. The maximum absolute atomic E-state index is 13.5. The molecule has 2 saturated heterocycles. The van der Waals surface area contributed by atoms with Gasteiger partial charge in [-0.3, -0.25) is 0 Å². The van der Waals surface area contributed by atoms with E-state index in [9.17, 15) is 8.42 Å². The molecule has 3 atom stereocenters. The number of hydrogen-bond acceptors (Lipinski definition) is 7. The lowest BCUT2D eigenvalue weighted by molar-refractivity contribution is 0.134. The topological polar surface area (TPSA) is 104 Å². The number of pyridine rings is 1. The molecule has 0 spiro atoms. The number of piperidine rings is 1. The molecular formula is C27H35N4O5S+. The van der Waals surface area contributed by atoms with E-state index in [1.54, 1.807) is 35.7 Å². The Balaban J connectivity index is 1.53. The van der Waals surface area contributed by atoms with Crippen molar-refractivity contribution in [1.29, 1.82) is 0 Å². The van der Waals surface area contributed by atoms with E-state index in [4.69, 9.17) is 24.9 Å². The van der Waals surface area contributed by atoms with Crippen LogP contribution in [0.3, 0.4) is 0 Å². The van der Waals surface area contributed by atoms with Gasteiger partial charge in [-0.2, -0.15) is 9.29 Å². The Hall–Kier alpha value is -2.76. The molecule has 4 heterocycles. The molecule has 9 nitrogen and oxygen atoms in total. The number of aromatic nitrogens is 1. The molecule has 3 unspecified atom stereocenters. The van der Waals surface area contributed by atoms with Crippen LogP contribution in [0.2, 0.25) is 0 Å². The van der Waals surface area contributed by atoms with E-state index < -0.39 is 10.0 Å². The van der Waals surface area contributed by atoms with Gasteiger partial charge in [-0.1, -0.05) is 24.3 Å². The van der Waals surface area contributed by atoms with E-state index in [-0.39, 0.29) is 12.1 Å². The lowest BCUT2D eigenvalue weighted by Crippen LogP contribution is -2.60. The summed E-state index contributed by atoms with van der Waals surface area (Å²) < 4.78 is 46.3. The fourth-order valence-electron chi connectivity index (χ4n) is 5.40. The third-order valence-corrected chi connectivity index (χ3v) is 9.27. The van der Waals surface area contributed by atoms with Gasteiger partial charge in [0, 0.05) is 37.6 Å². The highest BCUT2D eigenvalue weighted by Gasteiger charge is 2.45. The molecular weight excluding hydrogens is 492 g/mol. The minimum Gasteiger partial charge on any atom is -0.491 e. The number of nitrogens with two attached hydrogens (primary N) is 1. The fourth-order valence-corrected chi connectivity index (χ4v) is 6.94. The summed E-state index contributed by atoms with van der Waals surface area (Å²) in [5.74, 6) is 1.75. The average Bonchev–Trinajstić information content (AvgIpc) is 3.46. The van der Waals surface area contributed by atoms with Crippen LogP contribution in [-0.2, 0) is 14.8 Å². The molecule has 0 radical (unpaired) electrons. The van der Waals surface area contributed by atoms with E-state index in [2.05, 4.69) is 12.3 Å². The van der Waals surface area contributed by atoms with Crippen LogP contribution in [0, 0.1) is 0 Å². The van der Waals surface area contributed by atoms with Gasteiger partial charge in [0.1, 0.15) is 24.9 Å². The first kappa shape index (κ1) is 25.9. The summed E-state index contributed by atoms with van der Waals surface area (Å²) >= 11 is 0. The monoisotopic (exact) mass is 527 g/mol. The molecule has 198 valence electrons. The number of benzene rings is 1. The van der Waals surface area contributed by atoms with E-state index in [0.717, 1.165) is 30.7 Å². The van der Waals surface area contributed by atoms with Gasteiger partial charge < -0.3 is 19.9 Å². The van der Waals surface area contributed by atoms with E-state index in [1.807, 2.05) is 24.3 Å². The normalized spacial score (nSPS) is 26.6. The Morgan fingerprint density at radius 2 is 2.03 bits per heavy atom. The van der Waals surface area contributed by atoms with Crippen molar-refractivity contribution in [2.45, 2.75) is 36.3 Å². The van der Waals surface area contributed by atoms with Gasteiger partial charge in [0.25, 0.3) is 5.88 Å². The third kappa shape index (κ3) is 5.17. The van der Waals surface area contributed by atoms with Crippen molar-refractivity contribution in [3.05, 3.63) is 66.4 Å². The summed E-state index contributed by atoms with van der Waals surface area (Å²) in [5, 5.41) is 0. The molecule has 2 fully saturated rings. The van der Waals surface area contributed by atoms with Gasteiger partial charge in [-0.15, -0.1) is 0 Å². The molecule has 5 rings (SSSR count). The van der Waals surface area contributed by atoms with E-state index >= 15 is 0 Å². The lowest BCUT2D eigenvalue weighted by atomic mass is 10.00. The molecule has 0 amide bonds. The van der Waals surface area contributed by atoms with Gasteiger partial charge in [0.2, 0.25) is 15.8 Å². The fraction of sp³-hybridized carbons (Fsp3) is 0.444. The Bertz CT molecular complexity index is 1260. The zero-order valence-corrected chi connectivity index (χ0v) is 22.0. The lowest BCUT2D eigenvalue weighted by Gasteiger charge is -2.45. The first-order valence-corrected chi connectivity index (χ1v) is 14.2. The van der Waals surface area contributed by atoms with Crippen LogP contribution in [0.15, 0.2) is 71.3 Å². The zero-order chi connectivity index (χ0) is 25.9. The van der Waals surface area contributed by atoms with Crippen molar-refractivity contribution in [3.63, 3.8) is 0 Å². The number of methoxy groups -OCH3 is 1. The van der Waals surface area contributed by atoms with Crippen molar-refractivity contribution < 1.29 is 22.6 Å². The third-order valence-electron chi connectivity index (χ3n) is 7.39. The van der Waals surface area contributed by atoms with Crippen LogP contribution in [0.1, 0.15) is 19.3 Å². The second-order valence-corrected chi connectivity index (χ2v) is 11.6. The smallest absolute Gasteiger partial charge is 0.262 e. The number of hydrogen-bond donors (Lipinski definition) is 1. The van der Waals surface area contributed by atoms with Crippen molar-refractivity contribution in [3.8, 4) is 11.6 Å². The second-order valence-electron chi connectivity index (χ2n) is 9.68. The van der Waals surface area contributed by atoms with Gasteiger partial charge in [-0.25, -0.2) is 12.9 Å². The molecule has 10 heteroatoms. The molecule has 37 heavy (non-hydrogen) atoms. The highest BCUT2D eigenvalue weighted by atomic mass is 32.2. The number of nitrogens with zero attached hydrogens (tertiary/aromatic N) is 3. The minimum absolute atomic E-state index is 0.0534. The Kier molecular flexibility index (Phi) is 7.64. The van der Waals surface area contributed by atoms with E-state index in [1.165, 1.54) is 0 Å². The highest BCUT2D eigenvalue weighted by Crippen LogP contribution is 2.38. The van der Waals surface area contributed by atoms with Gasteiger partial charge in [-0.05, 0) is 30.7 Å². The summed E-state index contributed by atoms with van der Waals surface area (Å²) in [5.41, 5.74) is 7.06. The molecule has 0 bridgehead atoms. The number of rotatable bonds is 8. The molecule has 0 saturated carbocycles. The van der Waals surface area contributed by atoms with Gasteiger partial charge in [0.05, 0.1) is 31.8 Å². The SMILES string of the molecule is COc1ccc([N+]2(C3CCCN(S(=O)(=O)c4ccccc4)C3)C=C(CN)C=CC2)nc1OC1CCOC1.